The molecule has 0 amide bonds. The monoisotopic (exact) mass is 467 g/mol. The van der Waals surface area contributed by atoms with Gasteiger partial charge in [0, 0.05) is 5.02 Å². The Morgan fingerprint density at radius 2 is 1.76 bits per heavy atom. The van der Waals surface area contributed by atoms with Crippen LogP contribution < -0.4 is 14.8 Å². The molecule has 2 fully saturated rings. The Balaban J connectivity index is 1.32. The Labute approximate surface area is 201 Å². The molecule has 1 aliphatic heterocycles. The predicted molar refractivity (Wildman–Crippen MR) is 133 cm³/mol. The fraction of sp³-hybridized carbons (Fsp3) is 0.519. The molecule has 2 aliphatic rings. The Morgan fingerprint density at radius 1 is 0.970 bits per heavy atom. The molecule has 1 aromatic heterocycles. The van der Waals surface area contributed by atoms with Crippen molar-refractivity contribution in [3.05, 3.63) is 52.8 Å². The van der Waals surface area contributed by atoms with E-state index in [9.17, 15) is 0 Å². The highest BCUT2D eigenvalue weighted by molar-refractivity contribution is 6.30. The number of imidazole rings is 1. The van der Waals surface area contributed by atoms with Gasteiger partial charge >= 0.3 is 0 Å². The predicted octanol–water partition coefficient (Wildman–Crippen LogP) is 6.44. The normalized spacial score (nSPS) is 17.6. The van der Waals surface area contributed by atoms with E-state index in [1.54, 1.807) is 0 Å². The van der Waals surface area contributed by atoms with E-state index in [0.29, 0.717) is 17.7 Å². The number of nitrogens with one attached hydrogen (secondary N) is 2. The SMILES string of the molecule is Clc1ccc(OCc2nc3c(OC4CCCC4)c(CCCC4CCNCC4)ccc3[nH]2)cc1. The smallest absolute Gasteiger partial charge is 0.150 e. The van der Waals surface area contributed by atoms with Gasteiger partial charge in [-0.25, -0.2) is 4.98 Å². The second-order valence-corrected chi connectivity index (χ2v) is 9.92. The van der Waals surface area contributed by atoms with Crippen LogP contribution >= 0.6 is 11.6 Å². The van der Waals surface area contributed by atoms with Gasteiger partial charge in [-0.1, -0.05) is 24.1 Å². The number of aromatic nitrogens is 2. The van der Waals surface area contributed by atoms with Crippen LogP contribution in [-0.2, 0) is 13.0 Å². The lowest BCUT2D eigenvalue weighted by molar-refractivity contribution is 0.210. The van der Waals surface area contributed by atoms with E-state index < -0.39 is 0 Å². The van der Waals surface area contributed by atoms with Crippen molar-refractivity contribution in [2.45, 2.75) is 70.5 Å². The highest BCUT2D eigenvalue weighted by atomic mass is 35.5. The number of rotatable bonds is 9. The van der Waals surface area contributed by atoms with Crippen molar-refractivity contribution < 1.29 is 9.47 Å². The second kappa shape index (κ2) is 10.8. The van der Waals surface area contributed by atoms with Crippen LogP contribution in [0.4, 0.5) is 0 Å². The average Bonchev–Trinajstić information content (AvgIpc) is 3.50. The molecule has 0 radical (unpaired) electrons. The summed E-state index contributed by atoms with van der Waals surface area (Å²) < 4.78 is 12.5. The van der Waals surface area contributed by atoms with E-state index >= 15 is 0 Å². The van der Waals surface area contributed by atoms with Crippen LogP contribution in [0.1, 0.15) is 62.8 Å². The molecule has 0 bridgehead atoms. The van der Waals surface area contributed by atoms with E-state index in [0.717, 1.165) is 53.5 Å². The molecular weight excluding hydrogens is 434 g/mol. The maximum absolute atomic E-state index is 6.60. The second-order valence-electron chi connectivity index (χ2n) is 9.49. The number of ether oxygens (including phenoxy) is 2. The maximum atomic E-state index is 6.60. The molecule has 0 spiro atoms. The number of fused-ring (bicyclic) bond motifs is 1. The zero-order valence-corrected chi connectivity index (χ0v) is 20.0. The van der Waals surface area contributed by atoms with Crippen molar-refractivity contribution in [2.75, 3.05) is 13.1 Å². The van der Waals surface area contributed by atoms with Crippen molar-refractivity contribution in [3.63, 3.8) is 0 Å². The molecule has 6 heteroatoms. The Hall–Kier alpha value is -2.24. The quantitative estimate of drug-likeness (QED) is 0.380. The fourth-order valence-electron chi connectivity index (χ4n) is 5.15. The molecule has 5 nitrogen and oxygen atoms in total. The lowest BCUT2D eigenvalue weighted by atomic mass is 9.91. The van der Waals surface area contributed by atoms with E-state index in [4.69, 9.17) is 26.1 Å². The molecule has 176 valence electrons. The molecule has 2 aromatic carbocycles. The molecule has 0 atom stereocenters. The zero-order valence-electron chi connectivity index (χ0n) is 19.2. The summed E-state index contributed by atoms with van der Waals surface area (Å²) in [6.07, 6.45) is 11.3. The topological polar surface area (TPSA) is 59.2 Å². The number of aryl methyl sites for hydroxylation is 1. The number of benzene rings is 2. The Bertz CT molecular complexity index is 1040. The summed E-state index contributed by atoms with van der Waals surface area (Å²) in [7, 11) is 0. The maximum Gasteiger partial charge on any atom is 0.150 e. The van der Waals surface area contributed by atoms with Gasteiger partial charge in [0.2, 0.25) is 0 Å². The van der Waals surface area contributed by atoms with Crippen LogP contribution in [-0.4, -0.2) is 29.2 Å². The molecule has 1 saturated carbocycles. The molecule has 2 heterocycles. The summed E-state index contributed by atoms with van der Waals surface area (Å²) in [6, 6.07) is 11.8. The summed E-state index contributed by atoms with van der Waals surface area (Å²) in [6.45, 7) is 2.71. The molecular formula is C27H34ClN3O2. The van der Waals surface area contributed by atoms with E-state index in [2.05, 4.69) is 22.4 Å². The first-order chi connectivity index (χ1) is 16.2. The average molecular weight is 468 g/mol. The van der Waals surface area contributed by atoms with Gasteiger partial charge in [0.05, 0.1) is 11.6 Å². The largest absolute Gasteiger partial charge is 0.488 e. The number of nitrogens with zero attached hydrogens (tertiary/aromatic N) is 1. The molecule has 33 heavy (non-hydrogen) atoms. The number of hydrogen-bond donors (Lipinski definition) is 2. The van der Waals surface area contributed by atoms with Crippen LogP contribution in [0.25, 0.3) is 11.0 Å². The Morgan fingerprint density at radius 3 is 2.55 bits per heavy atom. The standard InChI is InChI=1S/C27H34ClN3O2/c28-21-9-11-22(12-10-21)32-18-25-30-24-13-8-20(5-3-4-19-14-16-29-17-15-19)27(26(24)31-25)33-23-6-1-2-7-23/h8-13,19,23,29H,1-7,14-18H2,(H,30,31). The van der Waals surface area contributed by atoms with Crippen LogP contribution in [0.5, 0.6) is 11.5 Å². The first kappa shape index (κ1) is 22.5. The minimum Gasteiger partial charge on any atom is -0.488 e. The van der Waals surface area contributed by atoms with Crippen LogP contribution in [0.3, 0.4) is 0 Å². The van der Waals surface area contributed by atoms with Gasteiger partial charge in [0.1, 0.15) is 23.7 Å². The van der Waals surface area contributed by atoms with Gasteiger partial charge in [0.15, 0.2) is 5.75 Å². The molecule has 5 rings (SSSR count). The van der Waals surface area contributed by atoms with E-state index in [1.807, 2.05) is 24.3 Å². The number of hydrogen-bond acceptors (Lipinski definition) is 4. The minimum atomic E-state index is 0.309. The van der Waals surface area contributed by atoms with Gasteiger partial charge in [-0.05, 0) is 106 Å². The molecule has 1 aliphatic carbocycles. The Kier molecular flexibility index (Phi) is 7.37. The van der Waals surface area contributed by atoms with Crippen molar-refractivity contribution in [3.8, 4) is 11.5 Å². The summed E-state index contributed by atoms with van der Waals surface area (Å²) >= 11 is 5.97. The summed E-state index contributed by atoms with van der Waals surface area (Å²) in [5.74, 6) is 3.43. The van der Waals surface area contributed by atoms with Gasteiger partial charge in [-0.3, -0.25) is 0 Å². The summed E-state index contributed by atoms with van der Waals surface area (Å²) in [5.41, 5.74) is 3.25. The number of H-pyrrole nitrogens is 1. The summed E-state index contributed by atoms with van der Waals surface area (Å²) in [4.78, 5) is 8.33. The molecule has 1 saturated heterocycles. The fourth-order valence-corrected chi connectivity index (χ4v) is 5.27. The van der Waals surface area contributed by atoms with Gasteiger partial charge in [0.25, 0.3) is 0 Å². The highest BCUT2D eigenvalue weighted by Crippen LogP contribution is 2.34. The lowest BCUT2D eigenvalue weighted by Crippen LogP contribution is -2.27. The van der Waals surface area contributed by atoms with Gasteiger partial charge in [-0.15, -0.1) is 0 Å². The zero-order chi connectivity index (χ0) is 22.5. The third-order valence-electron chi connectivity index (χ3n) is 7.03. The minimum absolute atomic E-state index is 0.309. The van der Waals surface area contributed by atoms with E-state index in [-0.39, 0.29) is 0 Å². The number of aromatic amines is 1. The van der Waals surface area contributed by atoms with Gasteiger partial charge < -0.3 is 19.8 Å². The summed E-state index contributed by atoms with van der Waals surface area (Å²) in [5, 5.41) is 4.17. The van der Waals surface area contributed by atoms with E-state index in [1.165, 1.54) is 57.2 Å². The molecule has 0 unspecified atom stereocenters. The van der Waals surface area contributed by atoms with Crippen molar-refractivity contribution in [1.29, 1.82) is 0 Å². The highest BCUT2D eigenvalue weighted by Gasteiger charge is 2.22. The molecule has 3 aromatic rings. The first-order valence-electron chi connectivity index (χ1n) is 12.5. The lowest BCUT2D eigenvalue weighted by Gasteiger charge is -2.22. The molecule has 2 N–H and O–H groups in total. The third kappa shape index (κ3) is 5.82. The number of halogens is 1. The third-order valence-corrected chi connectivity index (χ3v) is 7.28. The van der Waals surface area contributed by atoms with Gasteiger partial charge in [-0.2, -0.15) is 0 Å². The van der Waals surface area contributed by atoms with Crippen LogP contribution in [0.15, 0.2) is 36.4 Å². The van der Waals surface area contributed by atoms with Crippen molar-refractivity contribution >= 4 is 22.6 Å². The van der Waals surface area contributed by atoms with Crippen LogP contribution in [0.2, 0.25) is 5.02 Å². The van der Waals surface area contributed by atoms with Crippen molar-refractivity contribution in [1.82, 2.24) is 15.3 Å². The first-order valence-corrected chi connectivity index (χ1v) is 12.9. The number of piperidine rings is 1. The van der Waals surface area contributed by atoms with Crippen LogP contribution in [0, 0.1) is 5.92 Å². The van der Waals surface area contributed by atoms with Crippen molar-refractivity contribution in [2.24, 2.45) is 5.92 Å².